The molecule has 1 aromatic carbocycles. The minimum absolute atomic E-state index is 0.0761. The Bertz CT molecular complexity index is 703. The first-order valence-corrected chi connectivity index (χ1v) is 6.75. The van der Waals surface area contributed by atoms with Crippen LogP contribution < -0.4 is 10.6 Å². The van der Waals surface area contributed by atoms with Crippen LogP contribution >= 0.6 is 23.2 Å². The molecule has 1 amide bonds. The van der Waals surface area contributed by atoms with Gasteiger partial charge >= 0.3 is 0 Å². The van der Waals surface area contributed by atoms with Crippen LogP contribution in [-0.2, 0) is 4.79 Å². The summed E-state index contributed by atoms with van der Waals surface area (Å²) in [5, 5.41) is 6.18. The Morgan fingerprint density at radius 2 is 2.14 bits per heavy atom. The van der Waals surface area contributed by atoms with Gasteiger partial charge in [-0.25, -0.2) is 4.98 Å². The summed E-state index contributed by atoms with van der Waals surface area (Å²) in [6.45, 7) is 5.32. The van der Waals surface area contributed by atoms with E-state index in [1.807, 2.05) is 19.1 Å². The van der Waals surface area contributed by atoms with Gasteiger partial charge in [0.2, 0.25) is 11.2 Å². The van der Waals surface area contributed by atoms with E-state index < -0.39 is 0 Å². The molecule has 0 radical (unpaired) electrons. The predicted molar refractivity (Wildman–Crippen MR) is 85.3 cm³/mol. The Morgan fingerprint density at radius 1 is 1.38 bits per heavy atom. The molecule has 5 nitrogen and oxygen atoms in total. The van der Waals surface area contributed by atoms with E-state index in [2.05, 4.69) is 27.2 Å². The van der Waals surface area contributed by atoms with Gasteiger partial charge in [0.25, 0.3) is 0 Å². The topological polar surface area (TPSA) is 66.9 Å². The van der Waals surface area contributed by atoms with Gasteiger partial charge in [0.15, 0.2) is 5.82 Å². The number of aromatic nitrogens is 2. The second kappa shape index (κ2) is 6.56. The van der Waals surface area contributed by atoms with Crippen LogP contribution in [-0.4, -0.2) is 15.9 Å². The number of nitrogens with one attached hydrogen (secondary N) is 2. The van der Waals surface area contributed by atoms with E-state index in [1.165, 1.54) is 12.3 Å². The molecule has 0 atom stereocenters. The highest BCUT2D eigenvalue weighted by atomic mass is 35.5. The van der Waals surface area contributed by atoms with E-state index >= 15 is 0 Å². The number of rotatable bonds is 4. The van der Waals surface area contributed by atoms with E-state index in [9.17, 15) is 4.79 Å². The van der Waals surface area contributed by atoms with Crippen LogP contribution in [0.5, 0.6) is 0 Å². The maximum Gasteiger partial charge on any atom is 0.247 e. The molecular formula is C14H12Cl2N4O. The van der Waals surface area contributed by atoms with Gasteiger partial charge in [0.1, 0.15) is 5.02 Å². The van der Waals surface area contributed by atoms with E-state index in [-0.39, 0.29) is 11.2 Å². The van der Waals surface area contributed by atoms with Crippen molar-refractivity contribution in [1.29, 1.82) is 0 Å². The fourth-order valence-corrected chi connectivity index (χ4v) is 1.94. The summed E-state index contributed by atoms with van der Waals surface area (Å²) in [6.07, 6.45) is 2.60. The van der Waals surface area contributed by atoms with E-state index in [0.29, 0.717) is 22.2 Å². The van der Waals surface area contributed by atoms with Crippen LogP contribution in [0.15, 0.2) is 37.1 Å². The molecule has 0 saturated carbocycles. The van der Waals surface area contributed by atoms with Crippen molar-refractivity contribution in [2.24, 2.45) is 0 Å². The second-order valence-corrected chi connectivity index (χ2v) is 4.90. The van der Waals surface area contributed by atoms with Crippen LogP contribution in [0.25, 0.3) is 0 Å². The molecule has 0 aliphatic rings. The van der Waals surface area contributed by atoms with E-state index in [1.54, 1.807) is 6.07 Å². The van der Waals surface area contributed by atoms with Gasteiger partial charge in [-0.2, -0.15) is 4.98 Å². The number of hydrogen-bond acceptors (Lipinski definition) is 4. The molecule has 0 saturated heterocycles. The average Bonchev–Trinajstić information content (AvgIpc) is 2.46. The van der Waals surface area contributed by atoms with Crippen molar-refractivity contribution in [2.75, 3.05) is 10.6 Å². The number of carbonyl (C=O) groups excluding carboxylic acids is 1. The lowest BCUT2D eigenvalue weighted by Crippen LogP contribution is -2.10. The number of hydrogen-bond donors (Lipinski definition) is 2. The maximum atomic E-state index is 11.5. The van der Waals surface area contributed by atoms with Crippen LogP contribution in [0.2, 0.25) is 10.3 Å². The van der Waals surface area contributed by atoms with Gasteiger partial charge in [-0.1, -0.05) is 30.3 Å². The maximum absolute atomic E-state index is 11.5. The lowest BCUT2D eigenvalue weighted by atomic mass is 10.1. The molecule has 0 unspecified atom stereocenters. The zero-order valence-corrected chi connectivity index (χ0v) is 12.7. The summed E-state index contributed by atoms with van der Waals surface area (Å²) in [5.74, 6) is 0.0514. The first kappa shape index (κ1) is 15.3. The summed E-state index contributed by atoms with van der Waals surface area (Å²) >= 11 is 11.8. The van der Waals surface area contributed by atoms with E-state index in [0.717, 1.165) is 5.56 Å². The van der Waals surface area contributed by atoms with Crippen molar-refractivity contribution >= 4 is 46.3 Å². The third-order valence-corrected chi connectivity index (χ3v) is 3.13. The third kappa shape index (κ3) is 3.71. The Kier molecular flexibility index (Phi) is 4.77. The largest absolute Gasteiger partial charge is 0.337 e. The fraction of sp³-hybridized carbons (Fsp3) is 0.0714. The number of carbonyl (C=O) groups is 1. The molecule has 1 aromatic heterocycles. The van der Waals surface area contributed by atoms with Gasteiger partial charge < -0.3 is 10.6 Å². The van der Waals surface area contributed by atoms with Crippen LogP contribution in [0.3, 0.4) is 0 Å². The molecule has 2 N–H and O–H groups in total. The number of aryl methyl sites for hydroxylation is 1. The van der Waals surface area contributed by atoms with Crippen molar-refractivity contribution in [3.05, 3.63) is 52.9 Å². The molecule has 0 aliphatic heterocycles. The van der Waals surface area contributed by atoms with Gasteiger partial charge in [-0.15, -0.1) is 0 Å². The summed E-state index contributed by atoms with van der Waals surface area (Å²) in [6, 6.07) is 5.48. The van der Waals surface area contributed by atoms with Gasteiger partial charge in [0.05, 0.1) is 17.6 Å². The second-order valence-electron chi connectivity index (χ2n) is 4.15. The zero-order chi connectivity index (χ0) is 15.4. The number of anilines is 3. The molecule has 0 aliphatic carbocycles. The molecule has 21 heavy (non-hydrogen) atoms. The standard InChI is InChI=1S/C14H12Cl2N4O/c1-3-11(21)18-10-6-4-5-8(2)12(10)19-13-9(15)7-17-14(16)20-13/h3-7H,1H2,2H3,(H,18,21)(H,17,19,20). The molecule has 7 heteroatoms. The smallest absolute Gasteiger partial charge is 0.247 e. The quantitative estimate of drug-likeness (QED) is 0.660. The lowest BCUT2D eigenvalue weighted by Gasteiger charge is -2.15. The van der Waals surface area contributed by atoms with Crippen molar-refractivity contribution < 1.29 is 4.79 Å². The Labute approximate surface area is 132 Å². The number of benzene rings is 1. The monoisotopic (exact) mass is 322 g/mol. The SMILES string of the molecule is C=CC(=O)Nc1cccc(C)c1Nc1nc(Cl)ncc1Cl. The van der Waals surface area contributed by atoms with E-state index in [4.69, 9.17) is 23.2 Å². The number of para-hydroxylation sites is 1. The summed E-state index contributed by atoms with van der Waals surface area (Å²) < 4.78 is 0. The molecule has 0 spiro atoms. The van der Waals surface area contributed by atoms with Gasteiger partial charge in [0, 0.05) is 0 Å². The highest BCUT2D eigenvalue weighted by molar-refractivity contribution is 6.33. The first-order chi connectivity index (χ1) is 10.0. The average molecular weight is 323 g/mol. The highest BCUT2D eigenvalue weighted by Gasteiger charge is 2.11. The number of halogens is 2. The fourth-order valence-electron chi connectivity index (χ4n) is 1.67. The zero-order valence-electron chi connectivity index (χ0n) is 11.2. The molecule has 0 fully saturated rings. The third-order valence-electron chi connectivity index (χ3n) is 2.67. The van der Waals surface area contributed by atoms with Gasteiger partial charge in [-0.05, 0) is 36.2 Å². The lowest BCUT2D eigenvalue weighted by molar-refractivity contribution is -0.111. The molecule has 108 valence electrons. The minimum atomic E-state index is -0.310. The number of amides is 1. The summed E-state index contributed by atoms with van der Waals surface area (Å²) in [7, 11) is 0. The van der Waals surface area contributed by atoms with Crippen molar-refractivity contribution in [1.82, 2.24) is 9.97 Å². The van der Waals surface area contributed by atoms with Crippen LogP contribution in [0, 0.1) is 6.92 Å². The van der Waals surface area contributed by atoms with Crippen molar-refractivity contribution in [3.8, 4) is 0 Å². The molecule has 1 heterocycles. The Morgan fingerprint density at radius 3 is 2.86 bits per heavy atom. The molecule has 2 aromatic rings. The number of nitrogens with zero attached hydrogens (tertiary/aromatic N) is 2. The first-order valence-electron chi connectivity index (χ1n) is 5.99. The highest BCUT2D eigenvalue weighted by Crippen LogP contribution is 2.31. The van der Waals surface area contributed by atoms with Gasteiger partial charge in [-0.3, -0.25) is 4.79 Å². The van der Waals surface area contributed by atoms with Crippen molar-refractivity contribution in [2.45, 2.75) is 6.92 Å². The normalized spacial score (nSPS) is 10.0. The van der Waals surface area contributed by atoms with Crippen LogP contribution in [0.1, 0.15) is 5.56 Å². The Hall–Kier alpha value is -2.11. The van der Waals surface area contributed by atoms with Crippen molar-refractivity contribution in [3.63, 3.8) is 0 Å². The minimum Gasteiger partial charge on any atom is -0.337 e. The summed E-state index contributed by atoms with van der Waals surface area (Å²) in [5.41, 5.74) is 2.16. The predicted octanol–water partition coefficient (Wildman–Crippen LogP) is 3.96. The Balaban J connectivity index is 2.41. The molecular weight excluding hydrogens is 311 g/mol. The molecule has 2 rings (SSSR count). The summed E-state index contributed by atoms with van der Waals surface area (Å²) in [4.78, 5) is 19.3. The molecule has 0 bridgehead atoms. The van der Waals surface area contributed by atoms with Crippen LogP contribution in [0.4, 0.5) is 17.2 Å².